The monoisotopic (exact) mass is 346 g/mol. The third kappa shape index (κ3) is 3.81. The predicted molar refractivity (Wildman–Crippen MR) is 86.1 cm³/mol. The molecule has 2 saturated heterocycles. The molecular weight excluding hydrogens is 329 g/mol. The molecule has 1 atom stereocenters. The summed E-state index contributed by atoms with van der Waals surface area (Å²) in [6.07, 6.45) is 2.70. The summed E-state index contributed by atoms with van der Waals surface area (Å²) in [7, 11) is 0. The van der Waals surface area contributed by atoms with Crippen molar-refractivity contribution in [1.82, 2.24) is 5.32 Å². The standard InChI is InChI=1S/C17H17BF2N2O3/c19-13-7-11(25-10-3-5-18(9-21)6-4-10)8-14(20)16(13)12-1-2-15(23)22-17(12)24/h7-8,10,12H,1-6H2,(H,22,23,24). The van der Waals surface area contributed by atoms with Gasteiger partial charge in [-0.25, -0.2) is 14.0 Å². The molecule has 1 aromatic carbocycles. The molecule has 0 spiro atoms. The Labute approximate surface area is 144 Å². The van der Waals surface area contributed by atoms with Crippen LogP contribution in [0.15, 0.2) is 12.1 Å². The van der Waals surface area contributed by atoms with E-state index in [1.54, 1.807) is 0 Å². The van der Waals surface area contributed by atoms with E-state index in [1.807, 2.05) is 0 Å². The molecule has 0 aliphatic carbocycles. The number of imide groups is 1. The zero-order chi connectivity index (χ0) is 18.0. The lowest BCUT2D eigenvalue weighted by atomic mass is 9.42. The van der Waals surface area contributed by atoms with E-state index in [9.17, 15) is 18.4 Å². The molecule has 0 saturated carbocycles. The molecule has 2 heterocycles. The number of ether oxygens (including phenoxy) is 1. The van der Waals surface area contributed by atoms with Crippen molar-refractivity contribution in [1.29, 1.82) is 5.26 Å². The average Bonchev–Trinajstić information content (AvgIpc) is 2.57. The van der Waals surface area contributed by atoms with Crippen molar-refractivity contribution in [3.63, 3.8) is 0 Å². The molecule has 2 aliphatic rings. The van der Waals surface area contributed by atoms with E-state index in [-0.39, 0.29) is 37.0 Å². The van der Waals surface area contributed by atoms with Gasteiger partial charge in [0.05, 0.1) is 12.0 Å². The predicted octanol–water partition coefficient (Wildman–Crippen LogP) is 2.58. The number of halogens is 2. The van der Waals surface area contributed by atoms with Gasteiger partial charge in [-0.15, -0.1) is 0 Å². The first-order chi connectivity index (χ1) is 12.0. The van der Waals surface area contributed by atoms with Crippen LogP contribution >= 0.6 is 0 Å². The number of nitrogens with one attached hydrogen (secondary N) is 1. The molecule has 3 rings (SSSR count). The van der Waals surface area contributed by atoms with E-state index in [1.165, 1.54) is 0 Å². The molecule has 0 radical (unpaired) electrons. The summed E-state index contributed by atoms with van der Waals surface area (Å²) in [6.45, 7) is 0.0169. The minimum atomic E-state index is -1.02. The van der Waals surface area contributed by atoms with Crippen LogP contribution in [0.2, 0.25) is 12.6 Å². The molecule has 0 bridgehead atoms. The number of nitriles is 1. The van der Waals surface area contributed by atoms with Gasteiger partial charge in [0, 0.05) is 30.1 Å². The van der Waals surface area contributed by atoms with Crippen LogP contribution in [-0.4, -0.2) is 24.6 Å². The number of rotatable bonds is 3. The zero-order valence-corrected chi connectivity index (χ0v) is 13.6. The van der Waals surface area contributed by atoms with Crippen molar-refractivity contribution in [3.05, 3.63) is 29.3 Å². The zero-order valence-electron chi connectivity index (χ0n) is 13.6. The number of hydrogen-bond donors (Lipinski definition) is 1. The summed E-state index contributed by atoms with van der Waals surface area (Å²) in [6, 6.07) is 2.16. The van der Waals surface area contributed by atoms with Crippen LogP contribution in [-0.2, 0) is 9.59 Å². The van der Waals surface area contributed by atoms with Gasteiger partial charge in [-0.2, -0.15) is 0 Å². The second-order valence-electron chi connectivity index (χ2n) is 6.52. The number of benzene rings is 1. The van der Waals surface area contributed by atoms with Crippen molar-refractivity contribution < 1.29 is 23.1 Å². The Bertz CT molecular complexity index is 719. The molecule has 130 valence electrons. The van der Waals surface area contributed by atoms with Gasteiger partial charge in [0.15, 0.2) is 0 Å². The first-order valence-electron chi connectivity index (χ1n) is 8.37. The number of hydrogen-bond acceptors (Lipinski definition) is 4. The molecule has 2 amide bonds. The second kappa shape index (κ2) is 7.22. The van der Waals surface area contributed by atoms with Crippen molar-refractivity contribution in [2.75, 3.05) is 0 Å². The molecular formula is C17H17BF2N2O3. The molecule has 8 heteroatoms. The maximum absolute atomic E-state index is 14.4. The first kappa shape index (κ1) is 17.4. The van der Waals surface area contributed by atoms with E-state index < -0.39 is 29.4 Å². The summed E-state index contributed by atoms with van der Waals surface area (Å²) in [5.41, 5.74) is -0.328. The van der Waals surface area contributed by atoms with Gasteiger partial charge in [0.1, 0.15) is 17.4 Å². The lowest BCUT2D eigenvalue weighted by molar-refractivity contribution is -0.134. The van der Waals surface area contributed by atoms with Crippen LogP contribution in [0.3, 0.4) is 0 Å². The fraction of sp³-hybridized carbons (Fsp3) is 0.471. The van der Waals surface area contributed by atoms with Crippen LogP contribution in [0.1, 0.15) is 37.2 Å². The highest BCUT2D eigenvalue weighted by Gasteiger charge is 2.33. The van der Waals surface area contributed by atoms with Gasteiger partial charge in [0.2, 0.25) is 11.8 Å². The SMILES string of the molecule is N#CB1CCC(Oc2cc(F)c(C3CCC(=O)NC3=O)c(F)c2)CC1. The molecule has 1 aromatic rings. The van der Waals surface area contributed by atoms with Gasteiger partial charge in [-0.1, -0.05) is 12.6 Å². The third-order valence-corrected chi connectivity index (χ3v) is 4.80. The van der Waals surface area contributed by atoms with Gasteiger partial charge in [0.25, 0.3) is 6.71 Å². The summed E-state index contributed by atoms with van der Waals surface area (Å²) in [5.74, 6) is -1.54. The molecule has 1 N–H and O–H groups in total. The van der Waals surface area contributed by atoms with Crippen molar-refractivity contribution in [2.24, 2.45) is 0 Å². The van der Waals surface area contributed by atoms with E-state index in [2.05, 4.69) is 11.3 Å². The smallest absolute Gasteiger partial charge is 0.268 e. The maximum atomic E-state index is 14.4. The van der Waals surface area contributed by atoms with E-state index in [0.29, 0.717) is 25.5 Å². The van der Waals surface area contributed by atoms with Crippen LogP contribution in [0.4, 0.5) is 8.78 Å². The summed E-state index contributed by atoms with van der Waals surface area (Å²) in [4.78, 5) is 23.0. The fourth-order valence-electron chi connectivity index (χ4n) is 3.43. The maximum Gasteiger partial charge on any atom is 0.268 e. The Hall–Kier alpha value is -2.43. The first-order valence-corrected chi connectivity index (χ1v) is 8.37. The molecule has 1 unspecified atom stereocenters. The molecule has 25 heavy (non-hydrogen) atoms. The lowest BCUT2D eigenvalue weighted by Gasteiger charge is -2.25. The molecule has 2 aliphatic heterocycles. The Morgan fingerprint density at radius 1 is 1.16 bits per heavy atom. The minimum Gasteiger partial charge on any atom is -0.490 e. The number of amides is 2. The number of nitrogens with zero attached hydrogens (tertiary/aromatic N) is 1. The van der Waals surface area contributed by atoms with Crippen LogP contribution in [0.5, 0.6) is 5.75 Å². The Kier molecular flexibility index (Phi) is 5.02. The minimum absolute atomic E-state index is 0.0169. The van der Waals surface area contributed by atoms with E-state index in [0.717, 1.165) is 12.1 Å². The van der Waals surface area contributed by atoms with E-state index in [4.69, 9.17) is 10.00 Å². The molecule has 2 fully saturated rings. The third-order valence-electron chi connectivity index (χ3n) is 4.80. The van der Waals surface area contributed by atoms with Gasteiger partial charge >= 0.3 is 0 Å². The summed E-state index contributed by atoms with van der Waals surface area (Å²) < 4.78 is 34.5. The van der Waals surface area contributed by atoms with Gasteiger partial charge < -0.3 is 4.74 Å². The number of carbonyl (C=O) groups is 2. The Morgan fingerprint density at radius 3 is 2.36 bits per heavy atom. The fourth-order valence-corrected chi connectivity index (χ4v) is 3.43. The van der Waals surface area contributed by atoms with Crippen molar-refractivity contribution >= 4 is 18.5 Å². The largest absolute Gasteiger partial charge is 0.490 e. The molecule has 5 nitrogen and oxygen atoms in total. The Morgan fingerprint density at radius 2 is 1.80 bits per heavy atom. The Balaban J connectivity index is 1.73. The van der Waals surface area contributed by atoms with Crippen LogP contribution < -0.4 is 10.1 Å². The van der Waals surface area contributed by atoms with Gasteiger partial charge in [-0.05, 0) is 19.3 Å². The van der Waals surface area contributed by atoms with Crippen molar-refractivity contribution in [3.8, 4) is 11.7 Å². The summed E-state index contributed by atoms with van der Waals surface area (Å²) in [5, 5.41) is 11.0. The number of piperidine rings is 1. The normalized spacial score (nSPS) is 21.6. The summed E-state index contributed by atoms with van der Waals surface area (Å²) >= 11 is 0. The average molecular weight is 346 g/mol. The second-order valence-corrected chi connectivity index (χ2v) is 6.52. The topological polar surface area (TPSA) is 79.2 Å². The number of carbonyl (C=O) groups excluding carboxylic acids is 2. The quantitative estimate of drug-likeness (QED) is 0.674. The van der Waals surface area contributed by atoms with Crippen LogP contribution in [0, 0.1) is 22.9 Å². The highest BCUT2D eigenvalue weighted by molar-refractivity contribution is 6.67. The van der Waals surface area contributed by atoms with E-state index >= 15 is 0 Å². The highest BCUT2D eigenvalue weighted by atomic mass is 19.1. The lowest BCUT2D eigenvalue weighted by Crippen LogP contribution is -2.40. The van der Waals surface area contributed by atoms with Gasteiger partial charge in [-0.3, -0.25) is 14.9 Å². The van der Waals surface area contributed by atoms with Crippen molar-refractivity contribution in [2.45, 2.75) is 50.3 Å². The molecule has 0 aromatic heterocycles. The highest BCUT2D eigenvalue weighted by Crippen LogP contribution is 2.33. The van der Waals surface area contributed by atoms with Crippen LogP contribution in [0.25, 0.3) is 0 Å².